The van der Waals surface area contributed by atoms with Crippen molar-refractivity contribution in [3.8, 4) is 0 Å². The largest absolute Gasteiger partial charge is 0.364 e. The maximum absolute atomic E-state index is 12.1. The average Bonchev–Trinajstić information content (AvgIpc) is 2.97. The van der Waals surface area contributed by atoms with Gasteiger partial charge in [-0.15, -0.1) is 0 Å². The Morgan fingerprint density at radius 3 is 2.71 bits per heavy atom. The standard InChI is InChI=1S/C10H11N5O5S/c11-13-9-2-1-8(5-10(9)15(16)17)21(18,19)12-6-7-3-4-20-14-7/h1-5,12-13H,6,11H2. The molecule has 0 aliphatic heterocycles. The van der Waals surface area contributed by atoms with E-state index in [0.29, 0.717) is 5.69 Å². The number of nitrogens with one attached hydrogen (secondary N) is 2. The maximum atomic E-state index is 12.1. The van der Waals surface area contributed by atoms with E-state index in [9.17, 15) is 18.5 Å². The van der Waals surface area contributed by atoms with E-state index in [2.05, 4.69) is 19.8 Å². The molecule has 0 aliphatic carbocycles. The van der Waals surface area contributed by atoms with Crippen LogP contribution in [-0.4, -0.2) is 18.5 Å². The Morgan fingerprint density at radius 2 is 2.14 bits per heavy atom. The van der Waals surface area contributed by atoms with E-state index < -0.39 is 20.6 Å². The minimum atomic E-state index is -3.92. The lowest BCUT2D eigenvalue weighted by Crippen LogP contribution is -2.23. The molecule has 0 saturated heterocycles. The maximum Gasteiger partial charge on any atom is 0.294 e. The Kier molecular flexibility index (Phi) is 4.16. The molecule has 1 aromatic carbocycles. The fraction of sp³-hybridized carbons (Fsp3) is 0.100. The lowest BCUT2D eigenvalue weighted by atomic mass is 10.3. The summed E-state index contributed by atoms with van der Waals surface area (Å²) in [6.45, 7) is -0.0937. The van der Waals surface area contributed by atoms with Crippen molar-refractivity contribution in [1.29, 1.82) is 0 Å². The van der Waals surface area contributed by atoms with Crippen molar-refractivity contribution in [1.82, 2.24) is 9.88 Å². The van der Waals surface area contributed by atoms with Gasteiger partial charge in [0.25, 0.3) is 5.69 Å². The summed E-state index contributed by atoms with van der Waals surface area (Å²) in [6, 6.07) is 4.82. The first-order valence-electron chi connectivity index (χ1n) is 5.58. The number of aromatic nitrogens is 1. The Bertz CT molecular complexity index is 743. The summed E-state index contributed by atoms with van der Waals surface area (Å²) in [5.74, 6) is 5.13. The fourth-order valence-electron chi connectivity index (χ4n) is 1.53. The number of anilines is 1. The molecular formula is C10H11N5O5S. The molecule has 0 amide bonds. The normalized spacial score (nSPS) is 11.3. The smallest absolute Gasteiger partial charge is 0.294 e. The molecule has 10 nitrogen and oxygen atoms in total. The molecule has 1 heterocycles. The van der Waals surface area contributed by atoms with Crippen LogP contribution in [0.3, 0.4) is 0 Å². The van der Waals surface area contributed by atoms with Gasteiger partial charge in [-0.2, -0.15) is 0 Å². The van der Waals surface area contributed by atoms with Gasteiger partial charge in [-0.05, 0) is 12.1 Å². The highest BCUT2D eigenvalue weighted by Crippen LogP contribution is 2.26. The highest BCUT2D eigenvalue weighted by Gasteiger charge is 2.21. The van der Waals surface area contributed by atoms with Crippen molar-refractivity contribution in [2.24, 2.45) is 5.84 Å². The zero-order chi connectivity index (χ0) is 15.5. The van der Waals surface area contributed by atoms with E-state index in [-0.39, 0.29) is 17.1 Å². The van der Waals surface area contributed by atoms with Gasteiger partial charge >= 0.3 is 0 Å². The number of benzene rings is 1. The monoisotopic (exact) mass is 313 g/mol. The Morgan fingerprint density at radius 1 is 1.38 bits per heavy atom. The van der Waals surface area contributed by atoms with Crippen molar-refractivity contribution in [2.45, 2.75) is 11.4 Å². The van der Waals surface area contributed by atoms with Crippen LogP contribution in [0.4, 0.5) is 11.4 Å². The van der Waals surface area contributed by atoms with Gasteiger partial charge in [0.2, 0.25) is 10.0 Å². The lowest BCUT2D eigenvalue weighted by molar-refractivity contribution is -0.384. The topological polar surface area (TPSA) is 153 Å². The van der Waals surface area contributed by atoms with E-state index in [1.165, 1.54) is 24.5 Å². The molecule has 0 spiro atoms. The van der Waals surface area contributed by atoms with Crippen molar-refractivity contribution < 1.29 is 17.9 Å². The van der Waals surface area contributed by atoms with Gasteiger partial charge in [0.1, 0.15) is 12.0 Å². The molecule has 2 rings (SSSR count). The minimum Gasteiger partial charge on any atom is -0.364 e. The predicted octanol–water partition coefficient (Wildman–Crippen LogP) is 0.347. The number of nitro groups is 1. The zero-order valence-corrected chi connectivity index (χ0v) is 11.3. The molecule has 0 fully saturated rings. The number of nitrogens with two attached hydrogens (primary N) is 1. The molecule has 0 saturated carbocycles. The van der Waals surface area contributed by atoms with Gasteiger partial charge in [0.15, 0.2) is 0 Å². The number of hydrogen-bond acceptors (Lipinski definition) is 8. The Hall–Kier alpha value is -2.50. The number of nitrogens with zero attached hydrogens (tertiary/aromatic N) is 2. The first-order chi connectivity index (χ1) is 9.94. The van der Waals surface area contributed by atoms with Gasteiger partial charge in [0.05, 0.1) is 22.1 Å². The van der Waals surface area contributed by atoms with Crippen molar-refractivity contribution in [3.05, 3.63) is 46.3 Å². The lowest BCUT2D eigenvalue weighted by Gasteiger charge is -2.07. The van der Waals surface area contributed by atoms with Gasteiger partial charge in [-0.3, -0.25) is 16.0 Å². The molecule has 0 atom stereocenters. The minimum absolute atomic E-state index is 0.00968. The SMILES string of the molecule is NNc1ccc(S(=O)(=O)NCc2ccon2)cc1[N+](=O)[O-]. The molecule has 1 aromatic heterocycles. The highest BCUT2D eigenvalue weighted by atomic mass is 32.2. The second kappa shape index (κ2) is 5.87. The molecule has 112 valence electrons. The second-order valence-electron chi connectivity index (χ2n) is 3.90. The van der Waals surface area contributed by atoms with E-state index in [1.807, 2.05) is 0 Å². The van der Waals surface area contributed by atoms with Crippen LogP contribution in [-0.2, 0) is 16.6 Å². The summed E-state index contributed by atoms with van der Waals surface area (Å²) in [4.78, 5) is 9.89. The molecule has 0 radical (unpaired) electrons. The third-order valence-electron chi connectivity index (χ3n) is 2.57. The number of nitro benzene ring substituents is 1. The highest BCUT2D eigenvalue weighted by molar-refractivity contribution is 7.89. The Labute approximate surface area is 119 Å². The summed E-state index contributed by atoms with van der Waals surface area (Å²) in [5, 5.41) is 14.4. The Balaban J connectivity index is 2.27. The molecule has 2 aromatic rings. The zero-order valence-electron chi connectivity index (χ0n) is 10.5. The number of sulfonamides is 1. The molecule has 0 unspecified atom stereocenters. The van der Waals surface area contributed by atoms with Crippen LogP contribution >= 0.6 is 0 Å². The molecular weight excluding hydrogens is 302 g/mol. The number of rotatable bonds is 6. The number of nitrogen functional groups attached to an aromatic ring is 1. The summed E-state index contributed by atoms with van der Waals surface area (Å²) >= 11 is 0. The van der Waals surface area contributed by atoms with Crippen LogP contribution in [0.15, 0.2) is 39.9 Å². The summed E-state index contributed by atoms with van der Waals surface area (Å²) in [6.07, 6.45) is 1.30. The first kappa shape index (κ1) is 14.9. The van der Waals surface area contributed by atoms with Crippen molar-refractivity contribution in [3.63, 3.8) is 0 Å². The quantitative estimate of drug-likeness (QED) is 0.392. The third-order valence-corrected chi connectivity index (χ3v) is 3.97. The predicted molar refractivity (Wildman–Crippen MR) is 71.4 cm³/mol. The van der Waals surface area contributed by atoms with Crippen molar-refractivity contribution >= 4 is 21.4 Å². The van der Waals surface area contributed by atoms with Crippen LogP contribution in [0.25, 0.3) is 0 Å². The summed E-state index contributed by atoms with van der Waals surface area (Å²) in [7, 11) is -3.92. The van der Waals surface area contributed by atoms with E-state index >= 15 is 0 Å². The van der Waals surface area contributed by atoms with Crippen LogP contribution in [0.2, 0.25) is 0 Å². The first-order valence-corrected chi connectivity index (χ1v) is 7.06. The van der Waals surface area contributed by atoms with Crippen LogP contribution in [0, 0.1) is 10.1 Å². The molecule has 21 heavy (non-hydrogen) atoms. The van der Waals surface area contributed by atoms with Gasteiger partial charge in [0, 0.05) is 12.1 Å². The van der Waals surface area contributed by atoms with Crippen LogP contribution < -0.4 is 16.0 Å². The summed E-state index contributed by atoms with van der Waals surface area (Å²) < 4.78 is 30.9. The van der Waals surface area contributed by atoms with E-state index in [1.54, 1.807) is 0 Å². The fourth-order valence-corrected chi connectivity index (χ4v) is 2.55. The van der Waals surface area contributed by atoms with Gasteiger partial charge < -0.3 is 9.95 Å². The van der Waals surface area contributed by atoms with E-state index in [0.717, 1.165) is 6.07 Å². The van der Waals surface area contributed by atoms with Gasteiger partial charge in [-0.25, -0.2) is 13.1 Å². The van der Waals surface area contributed by atoms with Crippen molar-refractivity contribution in [2.75, 3.05) is 5.43 Å². The summed E-state index contributed by atoms with van der Waals surface area (Å²) in [5.41, 5.74) is 2.08. The number of hydrazine groups is 1. The molecule has 0 bridgehead atoms. The third kappa shape index (κ3) is 3.34. The number of hydrogen-bond donors (Lipinski definition) is 3. The van der Waals surface area contributed by atoms with E-state index in [4.69, 9.17) is 5.84 Å². The average molecular weight is 313 g/mol. The molecule has 4 N–H and O–H groups in total. The molecule has 11 heteroatoms. The van der Waals surface area contributed by atoms with Gasteiger partial charge in [-0.1, -0.05) is 5.16 Å². The van der Waals surface area contributed by atoms with Crippen LogP contribution in [0.5, 0.6) is 0 Å². The second-order valence-corrected chi connectivity index (χ2v) is 5.66. The molecule has 0 aliphatic rings. The van der Waals surface area contributed by atoms with Crippen LogP contribution in [0.1, 0.15) is 5.69 Å².